The van der Waals surface area contributed by atoms with E-state index in [9.17, 15) is 0 Å². The van der Waals surface area contributed by atoms with Gasteiger partial charge in [0, 0.05) is 7.11 Å². The molecule has 0 rings (SSSR count). The lowest BCUT2D eigenvalue weighted by Gasteiger charge is -2.14. The molecule has 1 nitrogen and oxygen atoms in total. The second-order valence-corrected chi connectivity index (χ2v) is 3.69. The Kier molecular flexibility index (Phi) is 4.37. The summed E-state index contributed by atoms with van der Waals surface area (Å²) < 4.78 is 4.87. The van der Waals surface area contributed by atoms with Crippen LogP contribution in [0.4, 0.5) is 0 Å². The third-order valence-electron chi connectivity index (χ3n) is 1.16. The molecule has 60 valence electrons. The zero-order valence-corrected chi connectivity index (χ0v) is 7.48. The summed E-state index contributed by atoms with van der Waals surface area (Å²) in [6.45, 7) is 7.41. The number of hydrogen-bond acceptors (Lipinski definition) is 1. The fourth-order valence-corrected chi connectivity index (χ4v) is 0.601. The number of ether oxygens (including phenoxy) is 1. The van der Waals surface area contributed by atoms with Gasteiger partial charge in [-0.15, -0.1) is 0 Å². The van der Waals surface area contributed by atoms with Gasteiger partial charge in [0.05, 0.1) is 6.61 Å². The second kappa shape index (κ2) is 4.51. The van der Waals surface area contributed by atoms with Crippen LogP contribution in [0, 0.1) is 5.41 Å². The molecule has 0 radical (unpaired) electrons. The van der Waals surface area contributed by atoms with Crippen LogP contribution in [0.5, 0.6) is 0 Å². The van der Waals surface area contributed by atoms with Crippen LogP contribution in [0.25, 0.3) is 0 Å². The van der Waals surface area contributed by atoms with Gasteiger partial charge < -0.3 is 4.74 Å². The Morgan fingerprint density at radius 2 is 1.80 bits per heavy atom. The van der Waals surface area contributed by atoms with Gasteiger partial charge in [-0.05, 0) is 11.8 Å². The highest BCUT2D eigenvalue weighted by Gasteiger charge is 2.05. The lowest BCUT2D eigenvalue weighted by atomic mass is 9.92. The summed E-state index contributed by atoms with van der Waals surface area (Å²) >= 11 is 0. The van der Waals surface area contributed by atoms with Gasteiger partial charge in [-0.2, -0.15) is 0 Å². The van der Waals surface area contributed by atoms with Crippen LogP contribution in [0.1, 0.15) is 27.2 Å². The smallest absolute Gasteiger partial charge is 0.0643 e. The molecule has 0 saturated heterocycles. The fourth-order valence-electron chi connectivity index (χ4n) is 0.601. The number of hydrogen-bond donors (Lipinski definition) is 0. The molecule has 0 aliphatic heterocycles. The molecule has 0 aromatic heterocycles. The Hall–Kier alpha value is -0.300. The van der Waals surface area contributed by atoms with Crippen molar-refractivity contribution in [3.05, 3.63) is 12.2 Å². The van der Waals surface area contributed by atoms with Crippen LogP contribution in [0.2, 0.25) is 0 Å². The summed E-state index contributed by atoms with van der Waals surface area (Å²) in [5, 5.41) is 0. The van der Waals surface area contributed by atoms with Gasteiger partial charge in [-0.1, -0.05) is 32.9 Å². The minimum absolute atomic E-state index is 0.407. The molecule has 0 heterocycles. The third-order valence-corrected chi connectivity index (χ3v) is 1.16. The van der Waals surface area contributed by atoms with Crippen molar-refractivity contribution in [2.75, 3.05) is 13.7 Å². The number of allylic oxidation sites excluding steroid dienone is 1. The van der Waals surface area contributed by atoms with Gasteiger partial charge in [-0.3, -0.25) is 0 Å². The van der Waals surface area contributed by atoms with Crippen molar-refractivity contribution in [1.82, 2.24) is 0 Å². The summed E-state index contributed by atoms with van der Waals surface area (Å²) in [4.78, 5) is 0. The number of rotatable bonds is 3. The van der Waals surface area contributed by atoms with Gasteiger partial charge in [0.15, 0.2) is 0 Å². The van der Waals surface area contributed by atoms with Crippen molar-refractivity contribution in [3.63, 3.8) is 0 Å². The summed E-state index contributed by atoms with van der Waals surface area (Å²) in [5.41, 5.74) is 0.407. The maximum Gasteiger partial charge on any atom is 0.0643 e. The van der Waals surface area contributed by atoms with Gasteiger partial charge in [0.25, 0.3) is 0 Å². The fraction of sp³-hybridized carbons (Fsp3) is 0.778. The lowest BCUT2D eigenvalue weighted by Crippen LogP contribution is -2.01. The van der Waals surface area contributed by atoms with Crippen molar-refractivity contribution in [2.24, 2.45) is 5.41 Å². The largest absolute Gasteiger partial charge is 0.381 e. The van der Waals surface area contributed by atoms with E-state index in [2.05, 4.69) is 32.9 Å². The Balaban J connectivity index is 3.34. The zero-order chi connectivity index (χ0) is 8.04. The van der Waals surface area contributed by atoms with E-state index in [4.69, 9.17) is 4.74 Å². The first kappa shape index (κ1) is 9.70. The molecule has 0 unspecified atom stereocenters. The Morgan fingerprint density at radius 1 is 1.20 bits per heavy atom. The molecule has 0 fully saturated rings. The lowest BCUT2D eigenvalue weighted by molar-refractivity contribution is 0.233. The highest BCUT2D eigenvalue weighted by atomic mass is 16.5. The molecule has 0 aliphatic carbocycles. The van der Waals surface area contributed by atoms with Crippen LogP contribution in [0.3, 0.4) is 0 Å². The predicted molar refractivity (Wildman–Crippen MR) is 45.1 cm³/mol. The minimum Gasteiger partial charge on any atom is -0.381 e. The van der Waals surface area contributed by atoms with Crippen LogP contribution in [-0.4, -0.2) is 13.7 Å². The summed E-state index contributed by atoms with van der Waals surface area (Å²) in [7, 11) is 1.71. The molecule has 0 aliphatic rings. The normalized spacial score (nSPS) is 12.8. The standard InChI is InChI=1S/C9H18O/c1-9(2,3)7-5-6-8-10-4/h5-6H,7-8H2,1-4H3/b6-5+. The molecule has 10 heavy (non-hydrogen) atoms. The molecule has 0 bridgehead atoms. The second-order valence-electron chi connectivity index (χ2n) is 3.69. The molecular weight excluding hydrogens is 124 g/mol. The van der Waals surface area contributed by atoms with E-state index in [1.54, 1.807) is 7.11 Å². The van der Waals surface area contributed by atoms with Crippen molar-refractivity contribution < 1.29 is 4.74 Å². The number of methoxy groups -OCH3 is 1. The van der Waals surface area contributed by atoms with Gasteiger partial charge >= 0.3 is 0 Å². The minimum atomic E-state index is 0.407. The average molecular weight is 142 g/mol. The monoisotopic (exact) mass is 142 g/mol. The van der Waals surface area contributed by atoms with E-state index >= 15 is 0 Å². The van der Waals surface area contributed by atoms with Crippen molar-refractivity contribution in [1.29, 1.82) is 0 Å². The third kappa shape index (κ3) is 7.70. The van der Waals surface area contributed by atoms with E-state index in [1.165, 1.54) is 0 Å². The van der Waals surface area contributed by atoms with E-state index in [1.807, 2.05) is 0 Å². The Bertz CT molecular complexity index is 97.8. The van der Waals surface area contributed by atoms with Crippen LogP contribution < -0.4 is 0 Å². The van der Waals surface area contributed by atoms with Crippen LogP contribution in [0.15, 0.2) is 12.2 Å². The first-order valence-corrected chi connectivity index (χ1v) is 3.70. The van der Waals surface area contributed by atoms with E-state index in [0.29, 0.717) is 5.41 Å². The summed E-state index contributed by atoms with van der Waals surface area (Å²) in [6, 6.07) is 0. The molecule has 0 atom stereocenters. The zero-order valence-electron chi connectivity index (χ0n) is 7.48. The SMILES string of the molecule is COC/C=C/CC(C)(C)C. The van der Waals surface area contributed by atoms with E-state index in [0.717, 1.165) is 13.0 Å². The van der Waals surface area contributed by atoms with Crippen LogP contribution in [-0.2, 0) is 4.74 Å². The topological polar surface area (TPSA) is 9.23 Å². The predicted octanol–water partition coefficient (Wildman–Crippen LogP) is 2.63. The molecule has 0 aromatic rings. The highest BCUT2D eigenvalue weighted by Crippen LogP contribution is 2.18. The van der Waals surface area contributed by atoms with Crippen LogP contribution >= 0.6 is 0 Å². The van der Waals surface area contributed by atoms with Gasteiger partial charge in [0.2, 0.25) is 0 Å². The molecule has 0 aromatic carbocycles. The molecule has 0 amide bonds. The summed E-state index contributed by atoms with van der Waals surface area (Å²) in [5.74, 6) is 0. The first-order chi connectivity index (χ1) is 4.56. The molecule has 1 heteroatoms. The Morgan fingerprint density at radius 3 is 2.20 bits per heavy atom. The first-order valence-electron chi connectivity index (χ1n) is 3.70. The van der Waals surface area contributed by atoms with Crippen molar-refractivity contribution in [3.8, 4) is 0 Å². The average Bonchev–Trinajstić information content (AvgIpc) is 1.78. The summed E-state index contributed by atoms with van der Waals surface area (Å²) in [6.07, 6.45) is 5.35. The van der Waals surface area contributed by atoms with Gasteiger partial charge in [0.1, 0.15) is 0 Å². The maximum absolute atomic E-state index is 4.87. The van der Waals surface area contributed by atoms with E-state index < -0.39 is 0 Å². The molecular formula is C9H18O. The quantitative estimate of drug-likeness (QED) is 0.550. The molecule has 0 spiro atoms. The van der Waals surface area contributed by atoms with Crippen molar-refractivity contribution in [2.45, 2.75) is 27.2 Å². The molecule has 0 N–H and O–H groups in total. The highest BCUT2D eigenvalue weighted by molar-refractivity contribution is 4.85. The van der Waals surface area contributed by atoms with Crippen molar-refractivity contribution >= 4 is 0 Å². The Labute approximate surface area is 64.1 Å². The molecule has 0 saturated carbocycles. The van der Waals surface area contributed by atoms with Gasteiger partial charge in [-0.25, -0.2) is 0 Å². The maximum atomic E-state index is 4.87. The van der Waals surface area contributed by atoms with E-state index in [-0.39, 0.29) is 0 Å².